The van der Waals surface area contributed by atoms with Gasteiger partial charge in [-0.15, -0.1) is 0 Å². The van der Waals surface area contributed by atoms with Gasteiger partial charge < -0.3 is 21.1 Å². The molecule has 0 bridgehead atoms. The van der Waals surface area contributed by atoms with Gasteiger partial charge in [-0.1, -0.05) is 15.9 Å². The van der Waals surface area contributed by atoms with E-state index in [1.807, 2.05) is 13.8 Å². The molecule has 0 unspecified atom stereocenters. The van der Waals surface area contributed by atoms with E-state index in [0.717, 1.165) is 15.6 Å². The third-order valence-electron chi connectivity index (χ3n) is 2.54. The Morgan fingerprint density at radius 1 is 1.10 bits per heavy atom. The molecular formula is C13H16BrN3O4. The van der Waals surface area contributed by atoms with Gasteiger partial charge >= 0.3 is 12.0 Å². The fourth-order valence-electron chi connectivity index (χ4n) is 1.59. The van der Waals surface area contributed by atoms with E-state index in [4.69, 9.17) is 5.11 Å². The number of carboxylic acids is 1. The lowest BCUT2D eigenvalue weighted by molar-refractivity contribution is -0.137. The van der Waals surface area contributed by atoms with Crippen molar-refractivity contribution in [3.05, 3.63) is 27.7 Å². The molecule has 7 nitrogen and oxygen atoms in total. The van der Waals surface area contributed by atoms with Gasteiger partial charge in [-0.25, -0.2) is 4.79 Å². The summed E-state index contributed by atoms with van der Waals surface area (Å²) in [4.78, 5) is 33.1. The van der Waals surface area contributed by atoms with Crippen LogP contribution in [0.1, 0.15) is 11.1 Å². The minimum Gasteiger partial charge on any atom is -0.480 e. The predicted octanol–water partition coefficient (Wildman–Crippen LogP) is 1.39. The van der Waals surface area contributed by atoms with Crippen LogP contribution < -0.4 is 16.0 Å². The fraction of sp³-hybridized carbons (Fsp3) is 0.308. The minimum atomic E-state index is -1.14. The van der Waals surface area contributed by atoms with Gasteiger partial charge in [-0.2, -0.15) is 0 Å². The van der Waals surface area contributed by atoms with E-state index < -0.39 is 24.5 Å². The number of carbonyl (C=O) groups is 3. The summed E-state index contributed by atoms with van der Waals surface area (Å²) in [6, 6.07) is 3.05. The number of hydrogen-bond acceptors (Lipinski definition) is 3. The Labute approximate surface area is 130 Å². The standard InChI is InChI=1S/C13H16BrN3O4/c1-7-3-9(4-8(2)12(7)14)17-13(21)16-5-10(18)15-6-11(19)20/h3-4H,5-6H2,1-2H3,(H,15,18)(H,19,20)(H2,16,17,21). The van der Waals surface area contributed by atoms with Crippen molar-refractivity contribution in [2.24, 2.45) is 0 Å². The van der Waals surface area contributed by atoms with Gasteiger partial charge in [0.15, 0.2) is 0 Å². The molecule has 1 aromatic carbocycles. The summed E-state index contributed by atoms with van der Waals surface area (Å²) < 4.78 is 0.974. The van der Waals surface area contributed by atoms with Crippen molar-refractivity contribution in [1.29, 1.82) is 0 Å². The van der Waals surface area contributed by atoms with Crippen LogP contribution in [0, 0.1) is 13.8 Å². The number of aryl methyl sites for hydroxylation is 2. The molecule has 4 N–H and O–H groups in total. The zero-order valence-electron chi connectivity index (χ0n) is 11.6. The van der Waals surface area contributed by atoms with Crippen LogP contribution in [-0.4, -0.2) is 36.1 Å². The first-order valence-corrected chi connectivity index (χ1v) is 6.89. The number of carboxylic acid groups (broad SMARTS) is 1. The van der Waals surface area contributed by atoms with Crippen molar-refractivity contribution < 1.29 is 19.5 Å². The summed E-state index contributed by atoms with van der Waals surface area (Å²) in [6.45, 7) is 3.03. The van der Waals surface area contributed by atoms with Crippen LogP contribution in [0.15, 0.2) is 16.6 Å². The molecule has 0 atom stereocenters. The highest BCUT2D eigenvalue weighted by atomic mass is 79.9. The van der Waals surface area contributed by atoms with Crippen molar-refractivity contribution in [1.82, 2.24) is 10.6 Å². The molecule has 0 aromatic heterocycles. The molecule has 1 rings (SSSR count). The largest absolute Gasteiger partial charge is 0.480 e. The van der Waals surface area contributed by atoms with Gasteiger partial charge in [0.25, 0.3) is 0 Å². The lowest BCUT2D eigenvalue weighted by atomic mass is 10.1. The number of benzene rings is 1. The summed E-state index contributed by atoms with van der Waals surface area (Å²) in [5.74, 6) is -1.72. The van der Waals surface area contributed by atoms with Gasteiger partial charge in [0.2, 0.25) is 5.91 Å². The second-order valence-electron chi connectivity index (χ2n) is 4.40. The maximum Gasteiger partial charge on any atom is 0.322 e. The Morgan fingerprint density at radius 2 is 1.67 bits per heavy atom. The highest BCUT2D eigenvalue weighted by Gasteiger charge is 2.08. The Balaban J connectivity index is 2.47. The Kier molecular flexibility index (Phi) is 6.16. The molecule has 0 aliphatic heterocycles. The first-order valence-electron chi connectivity index (χ1n) is 6.09. The Bertz CT molecular complexity index is 552. The quantitative estimate of drug-likeness (QED) is 0.638. The lowest BCUT2D eigenvalue weighted by Gasteiger charge is -2.10. The number of halogens is 1. The van der Waals surface area contributed by atoms with Crippen LogP contribution in [0.5, 0.6) is 0 Å². The minimum absolute atomic E-state index is 0.298. The van der Waals surface area contributed by atoms with Crippen LogP contribution >= 0.6 is 15.9 Å². The molecule has 114 valence electrons. The summed E-state index contributed by atoms with van der Waals surface area (Å²) in [7, 11) is 0. The monoisotopic (exact) mass is 357 g/mol. The van der Waals surface area contributed by atoms with Gasteiger partial charge in [-0.05, 0) is 37.1 Å². The van der Waals surface area contributed by atoms with Crippen LogP contribution in [0.25, 0.3) is 0 Å². The highest BCUT2D eigenvalue weighted by molar-refractivity contribution is 9.10. The van der Waals surface area contributed by atoms with E-state index in [1.54, 1.807) is 12.1 Å². The number of nitrogens with one attached hydrogen (secondary N) is 3. The number of urea groups is 1. The number of anilines is 1. The summed E-state index contributed by atoms with van der Waals surface area (Å²) in [6.07, 6.45) is 0. The van der Waals surface area contributed by atoms with E-state index in [9.17, 15) is 14.4 Å². The van der Waals surface area contributed by atoms with Crippen molar-refractivity contribution in [2.45, 2.75) is 13.8 Å². The Hall–Kier alpha value is -2.09. The van der Waals surface area contributed by atoms with Crippen molar-refractivity contribution in [3.8, 4) is 0 Å². The number of hydrogen-bond donors (Lipinski definition) is 4. The number of carbonyl (C=O) groups excluding carboxylic acids is 2. The first kappa shape index (κ1) is 17.0. The second-order valence-corrected chi connectivity index (χ2v) is 5.20. The van der Waals surface area contributed by atoms with Gasteiger partial charge in [0.05, 0.1) is 6.54 Å². The van der Waals surface area contributed by atoms with Crippen molar-refractivity contribution >= 4 is 39.5 Å². The molecule has 0 radical (unpaired) electrons. The molecule has 0 heterocycles. The highest BCUT2D eigenvalue weighted by Crippen LogP contribution is 2.24. The van der Waals surface area contributed by atoms with Crippen LogP contribution in [0.4, 0.5) is 10.5 Å². The van der Waals surface area contributed by atoms with E-state index >= 15 is 0 Å². The molecule has 21 heavy (non-hydrogen) atoms. The third kappa shape index (κ3) is 5.82. The maximum absolute atomic E-state index is 11.6. The maximum atomic E-state index is 11.6. The molecule has 0 saturated heterocycles. The average molecular weight is 358 g/mol. The molecular weight excluding hydrogens is 342 g/mol. The molecule has 0 spiro atoms. The molecule has 0 saturated carbocycles. The molecule has 8 heteroatoms. The normalized spacial score (nSPS) is 9.86. The van der Waals surface area contributed by atoms with Crippen LogP contribution in [0.2, 0.25) is 0 Å². The molecule has 0 aliphatic rings. The number of aliphatic carboxylic acids is 1. The predicted molar refractivity (Wildman–Crippen MR) is 81.3 cm³/mol. The lowest BCUT2D eigenvalue weighted by Crippen LogP contribution is -2.40. The van der Waals surface area contributed by atoms with Crippen molar-refractivity contribution in [3.63, 3.8) is 0 Å². The molecule has 3 amide bonds. The zero-order valence-corrected chi connectivity index (χ0v) is 13.2. The third-order valence-corrected chi connectivity index (χ3v) is 3.79. The summed E-state index contributed by atoms with van der Waals surface area (Å²) >= 11 is 3.43. The van der Waals surface area contributed by atoms with Gasteiger partial charge in [0, 0.05) is 10.2 Å². The van der Waals surface area contributed by atoms with E-state index in [0.29, 0.717) is 5.69 Å². The average Bonchev–Trinajstić information content (AvgIpc) is 2.40. The Morgan fingerprint density at radius 3 is 2.19 bits per heavy atom. The molecule has 0 fully saturated rings. The van der Waals surface area contributed by atoms with Crippen LogP contribution in [-0.2, 0) is 9.59 Å². The van der Waals surface area contributed by atoms with Crippen LogP contribution in [0.3, 0.4) is 0 Å². The van der Waals surface area contributed by atoms with Crippen molar-refractivity contribution in [2.75, 3.05) is 18.4 Å². The summed E-state index contributed by atoms with van der Waals surface area (Å²) in [5, 5.41) is 15.5. The molecule has 1 aromatic rings. The zero-order chi connectivity index (χ0) is 16.0. The van der Waals surface area contributed by atoms with Gasteiger partial charge in [-0.3, -0.25) is 9.59 Å². The smallest absolute Gasteiger partial charge is 0.322 e. The molecule has 0 aliphatic carbocycles. The second kappa shape index (κ2) is 7.63. The van der Waals surface area contributed by atoms with E-state index in [-0.39, 0.29) is 6.54 Å². The first-order chi connectivity index (χ1) is 9.79. The van der Waals surface area contributed by atoms with Gasteiger partial charge in [0.1, 0.15) is 6.54 Å². The SMILES string of the molecule is Cc1cc(NC(=O)NCC(=O)NCC(=O)O)cc(C)c1Br. The topological polar surface area (TPSA) is 108 Å². The fourth-order valence-corrected chi connectivity index (χ4v) is 1.82. The number of rotatable bonds is 5. The summed E-state index contributed by atoms with van der Waals surface area (Å²) in [5.41, 5.74) is 2.56. The van der Waals surface area contributed by atoms with E-state index in [1.165, 1.54) is 0 Å². The number of amides is 3. The van der Waals surface area contributed by atoms with E-state index in [2.05, 4.69) is 31.9 Å².